The summed E-state index contributed by atoms with van der Waals surface area (Å²) in [5.41, 5.74) is 2.20. The molecule has 0 bridgehead atoms. The number of amides is 1. The fourth-order valence-electron chi connectivity index (χ4n) is 3.02. The molecule has 0 saturated carbocycles. The number of carbonyl (C=O) groups is 2. The molecular formula is C19H29N3O3. The van der Waals surface area contributed by atoms with Crippen molar-refractivity contribution in [2.75, 3.05) is 45.2 Å². The van der Waals surface area contributed by atoms with Crippen molar-refractivity contribution in [3.63, 3.8) is 0 Å². The molecule has 1 atom stereocenters. The molecule has 1 N–H and O–H groups in total. The molecule has 1 aliphatic heterocycles. The quantitative estimate of drug-likeness (QED) is 0.760. The summed E-state index contributed by atoms with van der Waals surface area (Å²) in [6.07, 6.45) is 1.76. The summed E-state index contributed by atoms with van der Waals surface area (Å²) in [4.78, 5) is 28.1. The predicted molar refractivity (Wildman–Crippen MR) is 98.4 cm³/mol. The van der Waals surface area contributed by atoms with Gasteiger partial charge in [0.15, 0.2) is 0 Å². The van der Waals surface area contributed by atoms with Crippen LogP contribution in [0.5, 0.6) is 0 Å². The van der Waals surface area contributed by atoms with Crippen LogP contribution in [0, 0.1) is 5.92 Å². The van der Waals surface area contributed by atoms with Crippen molar-refractivity contribution in [1.29, 1.82) is 0 Å². The largest absolute Gasteiger partial charge is 0.466 e. The lowest BCUT2D eigenvalue weighted by molar-refractivity contribution is -0.150. The maximum atomic E-state index is 12.2. The molecule has 1 amide bonds. The van der Waals surface area contributed by atoms with Gasteiger partial charge in [0.2, 0.25) is 5.91 Å². The van der Waals surface area contributed by atoms with Crippen LogP contribution in [0.2, 0.25) is 0 Å². The normalized spacial score (nSPS) is 17.8. The Balaban J connectivity index is 1.76. The van der Waals surface area contributed by atoms with Crippen LogP contribution in [0.25, 0.3) is 0 Å². The summed E-state index contributed by atoms with van der Waals surface area (Å²) in [7, 11) is 4.00. The number of anilines is 1. The van der Waals surface area contributed by atoms with E-state index in [1.165, 1.54) is 0 Å². The van der Waals surface area contributed by atoms with E-state index < -0.39 is 0 Å². The first-order chi connectivity index (χ1) is 12.0. The SMILES string of the molecule is CCOC(=O)[C@H]1CCCN(CC(=O)NCc2ccc(N(C)C)cc2)C1. The first-order valence-electron chi connectivity index (χ1n) is 8.91. The molecule has 2 rings (SSSR count). The first kappa shape index (κ1) is 19.2. The fourth-order valence-corrected chi connectivity index (χ4v) is 3.02. The Hall–Kier alpha value is -2.08. The van der Waals surface area contributed by atoms with Crippen molar-refractivity contribution in [2.45, 2.75) is 26.3 Å². The number of hydrogen-bond donors (Lipinski definition) is 1. The van der Waals surface area contributed by atoms with Crippen LogP contribution in [0.4, 0.5) is 5.69 Å². The highest BCUT2D eigenvalue weighted by molar-refractivity contribution is 5.78. The Morgan fingerprint density at radius 3 is 2.64 bits per heavy atom. The molecule has 1 aromatic carbocycles. The molecule has 1 aliphatic rings. The van der Waals surface area contributed by atoms with Crippen LogP contribution in [0.15, 0.2) is 24.3 Å². The van der Waals surface area contributed by atoms with Crippen LogP contribution < -0.4 is 10.2 Å². The monoisotopic (exact) mass is 347 g/mol. The van der Waals surface area contributed by atoms with Gasteiger partial charge in [-0.1, -0.05) is 12.1 Å². The van der Waals surface area contributed by atoms with E-state index in [0.29, 0.717) is 26.2 Å². The summed E-state index contributed by atoms with van der Waals surface area (Å²) in [6.45, 7) is 4.51. The number of benzene rings is 1. The van der Waals surface area contributed by atoms with E-state index in [2.05, 4.69) is 5.32 Å². The number of likely N-dealkylation sites (tertiary alicyclic amines) is 1. The van der Waals surface area contributed by atoms with Crippen molar-refractivity contribution in [3.05, 3.63) is 29.8 Å². The average molecular weight is 347 g/mol. The highest BCUT2D eigenvalue weighted by Crippen LogP contribution is 2.17. The number of esters is 1. The van der Waals surface area contributed by atoms with Gasteiger partial charge in [-0.2, -0.15) is 0 Å². The second-order valence-electron chi connectivity index (χ2n) is 6.66. The first-order valence-corrected chi connectivity index (χ1v) is 8.91. The molecular weight excluding hydrogens is 318 g/mol. The zero-order chi connectivity index (χ0) is 18.2. The molecule has 0 aliphatic carbocycles. The molecule has 0 spiro atoms. The Kier molecular flexibility index (Phi) is 7.25. The van der Waals surface area contributed by atoms with Gasteiger partial charge in [0.05, 0.1) is 19.1 Å². The topological polar surface area (TPSA) is 61.9 Å². The third kappa shape index (κ3) is 6.05. The smallest absolute Gasteiger partial charge is 0.310 e. The molecule has 0 unspecified atom stereocenters. The molecule has 1 saturated heterocycles. The number of rotatable bonds is 7. The van der Waals surface area contributed by atoms with Gasteiger partial charge in [0.1, 0.15) is 0 Å². The minimum absolute atomic E-state index is 0.0128. The Morgan fingerprint density at radius 1 is 1.28 bits per heavy atom. The van der Waals surface area contributed by atoms with E-state index >= 15 is 0 Å². The maximum Gasteiger partial charge on any atom is 0.310 e. The van der Waals surface area contributed by atoms with Crippen molar-refractivity contribution in [3.8, 4) is 0 Å². The van der Waals surface area contributed by atoms with Crippen molar-refractivity contribution in [2.24, 2.45) is 5.92 Å². The summed E-state index contributed by atoms with van der Waals surface area (Å²) in [5.74, 6) is -0.269. The van der Waals surface area contributed by atoms with E-state index in [1.807, 2.05) is 55.1 Å². The summed E-state index contributed by atoms with van der Waals surface area (Å²) < 4.78 is 5.10. The molecule has 1 aromatic rings. The van der Waals surface area contributed by atoms with E-state index in [4.69, 9.17) is 4.74 Å². The number of nitrogens with one attached hydrogen (secondary N) is 1. The fraction of sp³-hybridized carbons (Fsp3) is 0.579. The van der Waals surface area contributed by atoms with Crippen LogP contribution >= 0.6 is 0 Å². The molecule has 0 aromatic heterocycles. The summed E-state index contributed by atoms with van der Waals surface area (Å²) >= 11 is 0. The zero-order valence-electron chi connectivity index (χ0n) is 15.5. The molecule has 138 valence electrons. The van der Waals surface area contributed by atoms with Gasteiger partial charge in [0, 0.05) is 32.9 Å². The molecule has 25 heavy (non-hydrogen) atoms. The van der Waals surface area contributed by atoms with Crippen molar-refractivity contribution >= 4 is 17.6 Å². The van der Waals surface area contributed by atoms with Gasteiger partial charge < -0.3 is 15.0 Å². The minimum Gasteiger partial charge on any atom is -0.466 e. The van der Waals surface area contributed by atoms with E-state index in [-0.39, 0.29) is 17.8 Å². The van der Waals surface area contributed by atoms with E-state index in [0.717, 1.165) is 30.6 Å². The lowest BCUT2D eigenvalue weighted by Gasteiger charge is -2.30. The van der Waals surface area contributed by atoms with Gasteiger partial charge in [0.25, 0.3) is 0 Å². The number of piperidine rings is 1. The number of hydrogen-bond acceptors (Lipinski definition) is 5. The molecule has 0 radical (unpaired) electrons. The third-order valence-corrected chi connectivity index (χ3v) is 4.44. The number of ether oxygens (including phenoxy) is 1. The van der Waals surface area contributed by atoms with E-state index in [1.54, 1.807) is 0 Å². The summed E-state index contributed by atoms with van der Waals surface area (Å²) in [5, 5.41) is 2.95. The molecule has 6 nitrogen and oxygen atoms in total. The Morgan fingerprint density at radius 2 is 2.00 bits per heavy atom. The Labute approximate surface area is 150 Å². The second kappa shape index (κ2) is 9.42. The average Bonchev–Trinajstić information content (AvgIpc) is 2.61. The van der Waals surface area contributed by atoms with Crippen LogP contribution in [0.3, 0.4) is 0 Å². The van der Waals surface area contributed by atoms with Crippen molar-refractivity contribution < 1.29 is 14.3 Å². The molecule has 1 heterocycles. The van der Waals surface area contributed by atoms with Gasteiger partial charge in [-0.15, -0.1) is 0 Å². The van der Waals surface area contributed by atoms with Crippen LogP contribution in [-0.2, 0) is 20.9 Å². The van der Waals surface area contributed by atoms with Crippen molar-refractivity contribution in [1.82, 2.24) is 10.2 Å². The second-order valence-corrected chi connectivity index (χ2v) is 6.66. The molecule has 1 fully saturated rings. The van der Waals surface area contributed by atoms with Gasteiger partial charge >= 0.3 is 5.97 Å². The van der Waals surface area contributed by atoms with Crippen LogP contribution in [0.1, 0.15) is 25.3 Å². The highest BCUT2D eigenvalue weighted by Gasteiger charge is 2.27. The van der Waals surface area contributed by atoms with Gasteiger partial charge in [-0.3, -0.25) is 14.5 Å². The number of nitrogens with zero attached hydrogens (tertiary/aromatic N) is 2. The lowest BCUT2D eigenvalue weighted by Crippen LogP contribution is -2.44. The number of carbonyl (C=O) groups excluding carboxylic acids is 2. The van der Waals surface area contributed by atoms with Crippen LogP contribution in [-0.4, -0.2) is 57.1 Å². The molecule has 6 heteroatoms. The Bertz CT molecular complexity index is 572. The zero-order valence-corrected chi connectivity index (χ0v) is 15.5. The van der Waals surface area contributed by atoms with Gasteiger partial charge in [-0.05, 0) is 44.0 Å². The highest BCUT2D eigenvalue weighted by atomic mass is 16.5. The predicted octanol–water partition coefficient (Wildman–Crippen LogP) is 1.64. The van der Waals surface area contributed by atoms with Gasteiger partial charge in [-0.25, -0.2) is 0 Å². The minimum atomic E-state index is -0.145. The van der Waals surface area contributed by atoms with E-state index in [9.17, 15) is 9.59 Å². The summed E-state index contributed by atoms with van der Waals surface area (Å²) in [6, 6.07) is 8.12. The standard InChI is InChI=1S/C19H29N3O3/c1-4-25-19(24)16-6-5-11-22(13-16)14-18(23)20-12-15-7-9-17(10-8-15)21(2)3/h7-10,16H,4-6,11-14H2,1-3H3,(H,20,23)/t16-/m0/s1. The lowest BCUT2D eigenvalue weighted by atomic mass is 9.98. The maximum absolute atomic E-state index is 12.2. The third-order valence-electron chi connectivity index (χ3n) is 4.44.